The van der Waals surface area contributed by atoms with Crippen LogP contribution in [0.25, 0.3) is 0 Å². The normalized spacial score (nSPS) is 24.6. The summed E-state index contributed by atoms with van der Waals surface area (Å²) in [4.78, 5) is 24.2. The molecule has 1 saturated heterocycles. The summed E-state index contributed by atoms with van der Waals surface area (Å²) >= 11 is 0. The standard InChI is InChI=1S/C11H19NO5S/c1-3-8(2)11(15)12-4-5-18(16,17)7-9(12)6-10(13)14/h8-9H,3-7H2,1-2H3,(H,13,14). The van der Waals surface area contributed by atoms with Crippen molar-refractivity contribution < 1.29 is 23.1 Å². The minimum Gasteiger partial charge on any atom is -0.481 e. The highest BCUT2D eigenvalue weighted by atomic mass is 32.2. The lowest BCUT2D eigenvalue weighted by Crippen LogP contribution is -2.53. The van der Waals surface area contributed by atoms with E-state index >= 15 is 0 Å². The van der Waals surface area contributed by atoms with E-state index in [4.69, 9.17) is 5.11 Å². The molecule has 2 atom stereocenters. The molecule has 2 unspecified atom stereocenters. The van der Waals surface area contributed by atoms with E-state index in [1.165, 1.54) is 4.90 Å². The summed E-state index contributed by atoms with van der Waals surface area (Å²) < 4.78 is 23.0. The van der Waals surface area contributed by atoms with Crippen molar-refractivity contribution in [1.82, 2.24) is 4.90 Å². The lowest BCUT2D eigenvalue weighted by Gasteiger charge is -2.36. The minimum atomic E-state index is -3.23. The third kappa shape index (κ3) is 3.69. The zero-order valence-electron chi connectivity index (χ0n) is 10.6. The molecule has 6 nitrogen and oxygen atoms in total. The number of hydrogen-bond donors (Lipinski definition) is 1. The van der Waals surface area contributed by atoms with Gasteiger partial charge in [0.15, 0.2) is 9.84 Å². The summed E-state index contributed by atoms with van der Waals surface area (Å²) in [6.45, 7) is 3.74. The van der Waals surface area contributed by atoms with E-state index < -0.39 is 21.8 Å². The second kappa shape index (κ2) is 5.69. The van der Waals surface area contributed by atoms with Crippen molar-refractivity contribution in [2.45, 2.75) is 32.7 Å². The van der Waals surface area contributed by atoms with Crippen molar-refractivity contribution in [1.29, 1.82) is 0 Å². The number of sulfone groups is 1. The topological polar surface area (TPSA) is 91.8 Å². The molecule has 0 saturated carbocycles. The molecule has 1 amide bonds. The summed E-state index contributed by atoms with van der Waals surface area (Å²) in [5.41, 5.74) is 0. The smallest absolute Gasteiger partial charge is 0.305 e. The van der Waals surface area contributed by atoms with Gasteiger partial charge in [0.05, 0.1) is 24.0 Å². The predicted octanol–water partition coefficient (Wildman–Crippen LogP) is 0.133. The molecule has 0 aliphatic carbocycles. The van der Waals surface area contributed by atoms with Crippen LogP contribution in [0, 0.1) is 5.92 Å². The fourth-order valence-corrected chi connectivity index (χ4v) is 3.53. The van der Waals surface area contributed by atoms with Gasteiger partial charge in [0.2, 0.25) is 5.91 Å². The SMILES string of the molecule is CCC(C)C(=O)N1CCS(=O)(=O)CC1CC(=O)O. The number of carboxylic acid groups (broad SMARTS) is 1. The number of hydrogen-bond acceptors (Lipinski definition) is 4. The van der Waals surface area contributed by atoms with Crippen LogP contribution in [-0.4, -0.2) is 54.4 Å². The minimum absolute atomic E-state index is 0.0781. The molecule has 0 aromatic heterocycles. The Bertz CT molecular complexity index is 431. The Balaban J connectivity index is 2.88. The first-order valence-corrected chi connectivity index (χ1v) is 7.81. The summed E-state index contributed by atoms with van der Waals surface area (Å²) in [6, 6.07) is -0.734. The third-order valence-corrected chi connectivity index (χ3v) is 4.95. The van der Waals surface area contributed by atoms with Gasteiger partial charge in [0.25, 0.3) is 0 Å². The zero-order valence-corrected chi connectivity index (χ0v) is 11.4. The number of rotatable bonds is 4. The van der Waals surface area contributed by atoms with Crippen molar-refractivity contribution in [3.05, 3.63) is 0 Å². The van der Waals surface area contributed by atoms with E-state index in [1.807, 2.05) is 6.92 Å². The van der Waals surface area contributed by atoms with Crippen LogP contribution in [0.5, 0.6) is 0 Å². The fourth-order valence-electron chi connectivity index (χ4n) is 2.00. The van der Waals surface area contributed by atoms with Crippen LogP contribution in [0.15, 0.2) is 0 Å². The first-order chi connectivity index (χ1) is 8.26. The van der Waals surface area contributed by atoms with Crippen LogP contribution in [0.3, 0.4) is 0 Å². The van der Waals surface area contributed by atoms with Crippen molar-refractivity contribution in [2.75, 3.05) is 18.1 Å². The Kier molecular flexibility index (Phi) is 4.72. The van der Waals surface area contributed by atoms with Gasteiger partial charge in [-0.2, -0.15) is 0 Å². The summed E-state index contributed by atoms with van der Waals surface area (Å²) in [5.74, 6) is -1.77. The highest BCUT2D eigenvalue weighted by Gasteiger charge is 2.36. The van der Waals surface area contributed by atoms with Crippen molar-refractivity contribution in [2.24, 2.45) is 5.92 Å². The highest BCUT2D eigenvalue weighted by molar-refractivity contribution is 7.91. The second-order valence-corrected chi connectivity index (χ2v) is 6.94. The molecule has 0 bridgehead atoms. The molecule has 104 valence electrons. The lowest BCUT2D eigenvalue weighted by atomic mass is 10.1. The molecular formula is C11H19NO5S. The van der Waals surface area contributed by atoms with Gasteiger partial charge in [-0.15, -0.1) is 0 Å². The van der Waals surface area contributed by atoms with Crippen LogP contribution in [0.4, 0.5) is 0 Å². The predicted molar refractivity (Wildman–Crippen MR) is 65.9 cm³/mol. The monoisotopic (exact) mass is 277 g/mol. The number of carbonyl (C=O) groups is 2. The van der Waals surface area contributed by atoms with Gasteiger partial charge < -0.3 is 10.0 Å². The highest BCUT2D eigenvalue weighted by Crippen LogP contribution is 2.18. The Morgan fingerprint density at radius 3 is 2.56 bits per heavy atom. The molecule has 1 N–H and O–H groups in total. The maximum atomic E-state index is 12.1. The zero-order chi connectivity index (χ0) is 13.9. The first-order valence-electron chi connectivity index (χ1n) is 5.99. The molecule has 0 radical (unpaired) electrons. The van der Waals surface area contributed by atoms with Crippen LogP contribution in [0.1, 0.15) is 26.7 Å². The summed E-state index contributed by atoms with van der Waals surface area (Å²) in [6.07, 6.45) is 0.337. The van der Waals surface area contributed by atoms with E-state index in [2.05, 4.69) is 0 Å². The molecule has 1 fully saturated rings. The molecule has 0 aromatic carbocycles. The average Bonchev–Trinajstić information content (AvgIpc) is 2.25. The Hall–Kier alpha value is -1.11. The van der Waals surface area contributed by atoms with E-state index in [0.717, 1.165) is 0 Å². The first kappa shape index (κ1) is 14.9. The van der Waals surface area contributed by atoms with Gasteiger partial charge in [-0.3, -0.25) is 9.59 Å². The van der Waals surface area contributed by atoms with Crippen LogP contribution in [0.2, 0.25) is 0 Å². The van der Waals surface area contributed by atoms with Crippen LogP contribution >= 0.6 is 0 Å². The summed E-state index contributed by atoms with van der Waals surface area (Å²) in [7, 11) is -3.23. The van der Waals surface area contributed by atoms with Gasteiger partial charge in [-0.1, -0.05) is 13.8 Å². The van der Waals surface area contributed by atoms with Gasteiger partial charge in [-0.25, -0.2) is 8.42 Å². The van der Waals surface area contributed by atoms with E-state index in [0.29, 0.717) is 6.42 Å². The maximum absolute atomic E-state index is 12.1. The number of amides is 1. The number of nitrogens with zero attached hydrogens (tertiary/aromatic N) is 1. The van der Waals surface area contributed by atoms with Gasteiger partial charge >= 0.3 is 5.97 Å². The molecule has 1 rings (SSSR count). The van der Waals surface area contributed by atoms with Crippen LogP contribution < -0.4 is 0 Å². The van der Waals surface area contributed by atoms with Gasteiger partial charge in [-0.05, 0) is 6.42 Å². The Labute approximate surface area is 107 Å². The van der Waals surface area contributed by atoms with E-state index in [1.54, 1.807) is 6.92 Å². The molecule has 7 heteroatoms. The quantitative estimate of drug-likeness (QED) is 0.788. The molecule has 1 aliphatic rings. The average molecular weight is 277 g/mol. The van der Waals surface area contributed by atoms with Gasteiger partial charge in [0.1, 0.15) is 0 Å². The molecule has 0 aromatic rings. The van der Waals surface area contributed by atoms with Gasteiger partial charge in [0, 0.05) is 12.5 Å². The van der Waals surface area contributed by atoms with Crippen molar-refractivity contribution >= 4 is 21.7 Å². The molecule has 18 heavy (non-hydrogen) atoms. The Morgan fingerprint density at radius 2 is 2.06 bits per heavy atom. The number of carboxylic acids is 1. The lowest BCUT2D eigenvalue weighted by molar-refractivity contribution is -0.141. The van der Waals surface area contributed by atoms with Crippen molar-refractivity contribution in [3.8, 4) is 0 Å². The largest absolute Gasteiger partial charge is 0.481 e. The third-order valence-electron chi connectivity index (χ3n) is 3.26. The molecular weight excluding hydrogens is 258 g/mol. The van der Waals surface area contributed by atoms with Crippen molar-refractivity contribution in [3.63, 3.8) is 0 Å². The molecule has 1 heterocycles. The molecule has 1 aliphatic heterocycles. The second-order valence-electron chi connectivity index (χ2n) is 4.71. The molecule has 0 spiro atoms. The number of aliphatic carboxylic acids is 1. The number of carbonyl (C=O) groups excluding carboxylic acids is 1. The summed E-state index contributed by atoms with van der Waals surface area (Å²) in [5, 5.41) is 8.80. The van der Waals surface area contributed by atoms with Crippen LogP contribution in [-0.2, 0) is 19.4 Å². The maximum Gasteiger partial charge on any atom is 0.305 e. The van der Waals surface area contributed by atoms with E-state index in [9.17, 15) is 18.0 Å². The van der Waals surface area contributed by atoms with E-state index in [-0.39, 0.29) is 36.3 Å². The fraction of sp³-hybridized carbons (Fsp3) is 0.818. The Morgan fingerprint density at radius 1 is 1.44 bits per heavy atom.